The zero-order chi connectivity index (χ0) is 12.3. The van der Waals surface area contributed by atoms with Crippen molar-refractivity contribution < 1.29 is 4.42 Å². The van der Waals surface area contributed by atoms with Gasteiger partial charge in [-0.2, -0.15) is 0 Å². The Bertz CT molecular complexity index is 473. The maximum Gasteiger partial charge on any atom is 0.181 e. The molecule has 3 nitrogen and oxygen atoms in total. The summed E-state index contributed by atoms with van der Waals surface area (Å²) in [7, 11) is 0. The standard InChI is InChI=1S/C14H18N2O/c1-3-10(2)11-4-6-12(7-5-11)14-13(8-15)17-9-16-14/h4-7,9-10H,3,8,15H2,1-2H3. The molecule has 0 saturated heterocycles. The Hall–Kier alpha value is -1.61. The first-order valence-electron chi connectivity index (χ1n) is 5.99. The lowest BCUT2D eigenvalue weighted by molar-refractivity contribution is 0.507. The van der Waals surface area contributed by atoms with E-state index in [1.54, 1.807) is 0 Å². The van der Waals surface area contributed by atoms with Crippen LogP contribution in [0.4, 0.5) is 0 Å². The third-order valence-electron chi connectivity index (χ3n) is 3.19. The van der Waals surface area contributed by atoms with Crippen LogP contribution >= 0.6 is 0 Å². The Labute approximate surface area is 102 Å². The van der Waals surface area contributed by atoms with Gasteiger partial charge < -0.3 is 10.2 Å². The molecule has 0 aliphatic rings. The van der Waals surface area contributed by atoms with Gasteiger partial charge >= 0.3 is 0 Å². The second-order valence-corrected chi connectivity index (χ2v) is 4.26. The fourth-order valence-corrected chi connectivity index (χ4v) is 1.86. The third-order valence-corrected chi connectivity index (χ3v) is 3.19. The number of oxazole rings is 1. The highest BCUT2D eigenvalue weighted by atomic mass is 16.3. The van der Waals surface area contributed by atoms with Crippen molar-refractivity contribution in [2.45, 2.75) is 32.7 Å². The normalized spacial score (nSPS) is 12.6. The first-order chi connectivity index (χ1) is 8.26. The van der Waals surface area contributed by atoms with Crippen molar-refractivity contribution in [1.29, 1.82) is 0 Å². The number of hydrogen-bond acceptors (Lipinski definition) is 3. The highest BCUT2D eigenvalue weighted by Crippen LogP contribution is 2.25. The van der Waals surface area contributed by atoms with E-state index < -0.39 is 0 Å². The topological polar surface area (TPSA) is 52.0 Å². The lowest BCUT2D eigenvalue weighted by Gasteiger charge is -2.09. The Kier molecular flexibility index (Phi) is 3.59. The maximum absolute atomic E-state index is 5.60. The van der Waals surface area contributed by atoms with E-state index in [0.717, 1.165) is 23.4 Å². The quantitative estimate of drug-likeness (QED) is 0.876. The van der Waals surface area contributed by atoms with Gasteiger partial charge in [-0.3, -0.25) is 0 Å². The summed E-state index contributed by atoms with van der Waals surface area (Å²) in [4.78, 5) is 4.21. The van der Waals surface area contributed by atoms with Gasteiger partial charge in [0.15, 0.2) is 6.39 Å². The van der Waals surface area contributed by atoms with Crippen LogP contribution in [0, 0.1) is 0 Å². The smallest absolute Gasteiger partial charge is 0.181 e. The monoisotopic (exact) mass is 230 g/mol. The number of nitrogens with zero attached hydrogens (tertiary/aromatic N) is 1. The van der Waals surface area contributed by atoms with Gasteiger partial charge in [0, 0.05) is 5.56 Å². The molecule has 0 bridgehead atoms. The van der Waals surface area contributed by atoms with Crippen molar-refractivity contribution in [3.05, 3.63) is 42.0 Å². The molecule has 1 aromatic heterocycles. The molecular formula is C14H18N2O. The molecule has 0 amide bonds. The molecule has 0 fully saturated rings. The lowest BCUT2D eigenvalue weighted by Crippen LogP contribution is -1.97. The van der Waals surface area contributed by atoms with Gasteiger partial charge in [-0.25, -0.2) is 4.98 Å². The molecular weight excluding hydrogens is 212 g/mol. The van der Waals surface area contributed by atoms with Gasteiger partial charge in [0.2, 0.25) is 0 Å². The Morgan fingerprint density at radius 2 is 2.00 bits per heavy atom. The fraction of sp³-hybridized carbons (Fsp3) is 0.357. The first-order valence-corrected chi connectivity index (χ1v) is 5.99. The van der Waals surface area contributed by atoms with Crippen molar-refractivity contribution in [3.8, 4) is 11.3 Å². The molecule has 90 valence electrons. The number of aromatic nitrogens is 1. The average molecular weight is 230 g/mol. The summed E-state index contributed by atoms with van der Waals surface area (Å²) in [6.45, 7) is 4.81. The van der Waals surface area contributed by atoms with Gasteiger partial charge in [-0.1, -0.05) is 38.1 Å². The molecule has 0 spiro atoms. The Balaban J connectivity index is 2.29. The summed E-state index contributed by atoms with van der Waals surface area (Å²) in [6, 6.07) is 8.47. The molecule has 2 aromatic rings. The van der Waals surface area contributed by atoms with Crippen LogP contribution in [0.1, 0.15) is 37.5 Å². The third kappa shape index (κ3) is 2.39. The van der Waals surface area contributed by atoms with Gasteiger partial charge in [-0.05, 0) is 17.9 Å². The van der Waals surface area contributed by atoms with Crippen LogP contribution < -0.4 is 5.73 Å². The zero-order valence-electron chi connectivity index (χ0n) is 10.3. The Morgan fingerprint density at radius 3 is 2.59 bits per heavy atom. The van der Waals surface area contributed by atoms with E-state index in [2.05, 4.69) is 43.1 Å². The molecule has 1 aromatic carbocycles. The van der Waals surface area contributed by atoms with Gasteiger partial charge in [-0.15, -0.1) is 0 Å². The summed E-state index contributed by atoms with van der Waals surface area (Å²) < 4.78 is 5.23. The van der Waals surface area contributed by atoms with E-state index >= 15 is 0 Å². The molecule has 2 rings (SSSR count). The average Bonchev–Trinajstić information content (AvgIpc) is 2.86. The highest BCUT2D eigenvalue weighted by Gasteiger charge is 2.09. The van der Waals surface area contributed by atoms with Gasteiger partial charge in [0.1, 0.15) is 11.5 Å². The number of benzene rings is 1. The zero-order valence-corrected chi connectivity index (χ0v) is 10.3. The molecule has 0 radical (unpaired) electrons. The van der Waals surface area contributed by atoms with Crippen molar-refractivity contribution >= 4 is 0 Å². The molecule has 0 aliphatic carbocycles. The van der Waals surface area contributed by atoms with Gasteiger partial charge in [0.05, 0.1) is 6.54 Å². The summed E-state index contributed by atoms with van der Waals surface area (Å²) in [5, 5.41) is 0. The number of nitrogens with two attached hydrogens (primary N) is 1. The minimum atomic E-state index is 0.377. The predicted octanol–water partition coefficient (Wildman–Crippen LogP) is 3.31. The van der Waals surface area contributed by atoms with Crippen LogP contribution in [-0.4, -0.2) is 4.98 Å². The van der Waals surface area contributed by atoms with E-state index in [1.807, 2.05) is 0 Å². The summed E-state index contributed by atoms with van der Waals surface area (Å²) in [6.07, 6.45) is 2.59. The molecule has 0 saturated carbocycles. The largest absolute Gasteiger partial charge is 0.446 e. The number of rotatable bonds is 4. The minimum absolute atomic E-state index is 0.377. The predicted molar refractivity (Wildman–Crippen MR) is 68.5 cm³/mol. The van der Waals surface area contributed by atoms with Crippen LogP contribution in [0.25, 0.3) is 11.3 Å². The van der Waals surface area contributed by atoms with Gasteiger partial charge in [0.25, 0.3) is 0 Å². The molecule has 17 heavy (non-hydrogen) atoms. The van der Waals surface area contributed by atoms with E-state index in [-0.39, 0.29) is 0 Å². The van der Waals surface area contributed by atoms with Crippen molar-refractivity contribution in [2.75, 3.05) is 0 Å². The maximum atomic E-state index is 5.60. The summed E-state index contributed by atoms with van der Waals surface area (Å²) in [5.74, 6) is 1.33. The second-order valence-electron chi connectivity index (χ2n) is 4.26. The highest BCUT2D eigenvalue weighted by molar-refractivity contribution is 5.61. The van der Waals surface area contributed by atoms with Crippen LogP contribution in [0.5, 0.6) is 0 Å². The molecule has 2 N–H and O–H groups in total. The Morgan fingerprint density at radius 1 is 1.29 bits per heavy atom. The van der Waals surface area contributed by atoms with E-state index in [0.29, 0.717) is 12.5 Å². The van der Waals surface area contributed by atoms with E-state index in [1.165, 1.54) is 12.0 Å². The fourth-order valence-electron chi connectivity index (χ4n) is 1.86. The first kappa shape index (κ1) is 11.9. The molecule has 1 heterocycles. The van der Waals surface area contributed by atoms with Crippen molar-refractivity contribution in [2.24, 2.45) is 5.73 Å². The summed E-state index contributed by atoms with van der Waals surface area (Å²) >= 11 is 0. The van der Waals surface area contributed by atoms with E-state index in [4.69, 9.17) is 10.2 Å². The SMILES string of the molecule is CCC(C)c1ccc(-c2ncoc2CN)cc1. The van der Waals surface area contributed by atoms with Crippen molar-refractivity contribution in [1.82, 2.24) is 4.98 Å². The van der Waals surface area contributed by atoms with Crippen LogP contribution in [0.3, 0.4) is 0 Å². The van der Waals surface area contributed by atoms with E-state index in [9.17, 15) is 0 Å². The minimum Gasteiger partial charge on any atom is -0.446 e. The van der Waals surface area contributed by atoms with Crippen LogP contribution in [0.2, 0.25) is 0 Å². The van der Waals surface area contributed by atoms with Crippen LogP contribution in [0.15, 0.2) is 35.1 Å². The number of hydrogen-bond donors (Lipinski definition) is 1. The molecule has 3 heteroatoms. The lowest BCUT2D eigenvalue weighted by atomic mass is 9.97. The molecule has 0 aliphatic heterocycles. The summed E-state index contributed by atoms with van der Waals surface area (Å²) in [5.41, 5.74) is 8.87. The molecule has 1 atom stereocenters. The van der Waals surface area contributed by atoms with Crippen molar-refractivity contribution in [3.63, 3.8) is 0 Å². The second kappa shape index (κ2) is 5.15. The molecule has 1 unspecified atom stereocenters. The van der Waals surface area contributed by atoms with Crippen LogP contribution in [-0.2, 0) is 6.54 Å².